The summed E-state index contributed by atoms with van der Waals surface area (Å²) in [4.78, 5) is 0. The van der Waals surface area contributed by atoms with Gasteiger partial charge >= 0.3 is 0 Å². The first-order valence-electron chi connectivity index (χ1n) is 6.88. The highest BCUT2D eigenvalue weighted by Gasteiger charge is 2.54. The summed E-state index contributed by atoms with van der Waals surface area (Å²) < 4.78 is 0. The average molecular weight is 204 g/mol. The van der Waals surface area contributed by atoms with Crippen molar-refractivity contribution in [2.24, 2.45) is 41.4 Å². The third-order valence-electron chi connectivity index (χ3n) is 5.50. The highest BCUT2D eigenvalue weighted by molar-refractivity contribution is 5.19. The Bertz CT molecular complexity index is 276. The lowest BCUT2D eigenvalue weighted by Gasteiger charge is -2.37. The minimum atomic E-state index is 0.882. The average Bonchev–Trinajstić information content (AvgIpc) is 2.73. The molecule has 0 aliphatic heterocycles. The summed E-state index contributed by atoms with van der Waals surface area (Å²) in [5.74, 6) is 6.84. The number of allylic oxidation sites excluding steroid dienone is 2. The van der Waals surface area contributed by atoms with Crippen LogP contribution in [0.1, 0.15) is 40.0 Å². The van der Waals surface area contributed by atoms with E-state index in [4.69, 9.17) is 0 Å². The Morgan fingerprint density at radius 1 is 1.07 bits per heavy atom. The molecule has 3 aliphatic carbocycles. The van der Waals surface area contributed by atoms with Crippen molar-refractivity contribution in [3.63, 3.8) is 0 Å². The number of hydrogen-bond acceptors (Lipinski definition) is 0. The smallest absolute Gasteiger partial charge is 0.0163 e. The molecule has 2 saturated carbocycles. The fourth-order valence-corrected chi connectivity index (χ4v) is 5.07. The molecule has 0 amide bonds. The first kappa shape index (κ1) is 9.93. The Hall–Kier alpha value is -0.260. The van der Waals surface area contributed by atoms with E-state index < -0.39 is 0 Å². The summed E-state index contributed by atoms with van der Waals surface area (Å²) in [6.45, 7) is 7.36. The molecule has 0 aromatic rings. The Morgan fingerprint density at radius 2 is 1.80 bits per heavy atom. The zero-order valence-electron chi connectivity index (χ0n) is 10.3. The van der Waals surface area contributed by atoms with E-state index in [9.17, 15) is 0 Å². The van der Waals surface area contributed by atoms with Gasteiger partial charge in [0.25, 0.3) is 0 Å². The maximum Gasteiger partial charge on any atom is -0.0163 e. The molecule has 0 nitrogen and oxygen atoms in total. The van der Waals surface area contributed by atoms with E-state index in [1.54, 1.807) is 0 Å². The monoisotopic (exact) mass is 204 g/mol. The van der Waals surface area contributed by atoms with Crippen molar-refractivity contribution in [3.05, 3.63) is 12.2 Å². The molecule has 3 rings (SSSR count). The van der Waals surface area contributed by atoms with Gasteiger partial charge in [-0.2, -0.15) is 0 Å². The molecule has 6 unspecified atom stereocenters. The molecule has 0 radical (unpaired) electrons. The molecule has 0 saturated heterocycles. The van der Waals surface area contributed by atoms with Gasteiger partial charge in [-0.1, -0.05) is 45.8 Å². The van der Waals surface area contributed by atoms with Crippen molar-refractivity contribution in [1.29, 1.82) is 0 Å². The van der Waals surface area contributed by atoms with E-state index in [0.29, 0.717) is 0 Å². The highest BCUT2D eigenvalue weighted by atomic mass is 14.6. The van der Waals surface area contributed by atoms with Crippen LogP contribution < -0.4 is 0 Å². The number of fused-ring (bicyclic) bond motifs is 5. The molecule has 0 N–H and O–H groups in total. The normalized spacial score (nSPS) is 52.5. The van der Waals surface area contributed by atoms with Gasteiger partial charge in [-0.25, -0.2) is 0 Å². The minimum absolute atomic E-state index is 0.882. The molecular weight excluding hydrogens is 180 g/mol. The van der Waals surface area contributed by atoms with Gasteiger partial charge in [0.2, 0.25) is 0 Å². The first-order chi connectivity index (χ1) is 7.20. The second-order valence-corrected chi connectivity index (χ2v) is 6.51. The van der Waals surface area contributed by atoms with Crippen LogP contribution >= 0.6 is 0 Å². The second-order valence-electron chi connectivity index (χ2n) is 6.51. The van der Waals surface area contributed by atoms with Crippen LogP contribution in [0.2, 0.25) is 0 Å². The Kier molecular flexibility index (Phi) is 2.23. The molecule has 84 valence electrons. The van der Waals surface area contributed by atoms with Gasteiger partial charge in [0.05, 0.1) is 0 Å². The molecule has 0 heterocycles. The predicted molar refractivity (Wildman–Crippen MR) is 64.4 cm³/mol. The van der Waals surface area contributed by atoms with E-state index >= 15 is 0 Å². The predicted octanol–water partition coefficient (Wildman–Crippen LogP) is 4.13. The molecule has 0 aromatic heterocycles. The molecule has 2 bridgehead atoms. The molecule has 0 aromatic carbocycles. The number of rotatable bonds is 1. The van der Waals surface area contributed by atoms with Crippen molar-refractivity contribution < 1.29 is 0 Å². The van der Waals surface area contributed by atoms with Crippen LogP contribution in [0.4, 0.5) is 0 Å². The van der Waals surface area contributed by atoms with Crippen molar-refractivity contribution in [1.82, 2.24) is 0 Å². The van der Waals surface area contributed by atoms with Crippen molar-refractivity contribution >= 4 is 0 Å². The van der Waals surface area contributed by atoms with Crippen LogP contribution in [-0.2, 0) is 0 Å². The minimum Gasteiger partial charge on any atom is -0.0845 e. The molecule has 0 spiro atoms. The second kappa shape index (κ2) is 3.37. The van der Waals surface area contributed by atoms with Gasteiger partial charge in [0, 0.05) is 0 Å². The molecule has 15 heavy (non-hydrogen) atoms. The van der Waals surface area contributed by atoms with E-state index in [2.05, 4.69) is 32.9 Å². The maximum absolute atomic E-state index is 2.57. The number of hydrogen-bond donors (Lipinski definition) is 0. The van der Waals surface area contributed by atoms with E-state index in [-0.39, 0.29) is 0 Å². The topological polar surface area (TPSA) is 0 Å². The largest absolute Gasteiger partial charge is 0.0845 e. The Labute approximate surface area is 94.1 Å². The lowest BCUT2D eigenvalue weighted by Crippen LogP contribution is -2.29. The van der Waals surface area contributed by atoms with Gasteiger partial charge < -0.3 is 0 Å². The van der Waals surface area contributed by atoms with Gasteiger partial charge in [-0.15, -0.1) is 0 Å². The molecule has 0 heteroatoms. The van der Waals surface area contributed by atoms with Gasteiger partial charge in [-0.05, 0) is 47.8 Å². The summed E-state index contributed by atoms with van der Waals surface area (Å²) in [5, 5.41) is 0. The summed E-state index contributed by atoms with van der Waals surface area (Å²) in [5.41, 5.74) is 0. The van der Waals surface area contributed by atoms with Crippen LogP contribution in [0.3, 0.4) is 0 Å². The molecular formula is C15H24. The molecule has 6 atom stereocenters. The lowest BCUT2D eigenvalue weighted by atomic mass is 9.68. The van der Waals surface area contributed by atoms with Crippen LogP contribution in [0.5, 0.6) is 0 Å². The van der Waals surface area contributed by atoms with Gasteiger partial charge in [-0.3, -0.25) is 0 Å². The molecule has 3 aliphatic rings. The van der Waals surface area contributed by atoms with Crippen molar-refractivity contribution in [2.75, 3.05) is 0 Å². The lowest BCUT2D eigenvalue weighted by molar-refractivity contribution is 0.152. The summed E-state index contributed by atoms with van der Waals surface area (Å²) in [7, 11) is 0. The van der Waals surface area contributed by atoms with E-state index in [1.807, 2.05) is 0 Å². The fourth-order valence-electron chi connectivity index (χ4n) is 5.07. The van der Waals surface area contributed by atoms with E-state index in [0.717, 1.165) is 41.4 Å². The van der Waals surface area contributed by atoms with Crippen LogP contribution in [0.25, 0.3) is 0 Å². The summed E-state index contributed by atoms with van der Waals surface area (Å²) >= 11 is 0. The van der Waals surface area contributed by atoms with Gasteiger partial charge in [0.1, 0.15) is 0 Å². The van der Waals surface area contributed by atoms with E-state index in [1.165, 1.54) is 19.3 Å². The first-order valence-corrected chi connectivity index (χ1v) is 6.88. The van der Waals surface area contributed by atoms with Gasteiger partial charge in [0.15, 0.2) is 0 Å². The maximum atomic E-state index is 2.57. The van der Waals surface area contributed by atoms with Crippen molar-refractivity contribution in [3.8, 4) is 0 Å². The Morgan fingerprint density at radius 3 is 2.47 bits per heavy atom. The zero-order chi connectivity index (χ0) is 10.6. The van der Waals surface area contributed by atoms with Crippen LogP contribution in [0.15, 0.2) is 12.2 Å². The fraction of sp³-hybridized carbons (Fsp3) is 0.867. The molecule has 2 fully saturated rings. The van der Waals surface area contributed by atoms with Crippen LogP contribution in [0, 0.1) is 41.4 Å². The van der Waals surface area contributed by atoms with Crippen molar-refractivity contribution in [2.45, 2.75) is 40.0 Å². The highest BCUT2D eigenvalue weighted by Crippen LogP contribution is 2.60. The SMILES string of the molecule is CC(C)C1C2C=CC1C1C(C)CCCC21. The standard InChI is InChI=1S/C15H24/c1-9(2)14-12-7-8-13(14)15-10(3)5-4-6-11(12)15/h7-15H,4-6H2,1-3H3. The summed E-state index contributed by atoms with van der Waals surface area (Å²) in [6.07, 6.45) is 9.63. The summed E-state index contributed by atoms with van der Waals surface area (Å²) in [6, 6.07) is 0. The third-order valence-corrected chi connectivity index (χ3v) is 5.50. The third kappa shape index (κ3) is 1.26. The quantitative estimate of drug-likeness (QED) is 0.563. The van der Waals surface area contributed by atoms with Crippen LogP contribution in [-0.4, -0.2) is 0 Å². The Balaban J connectivity index is 1.91. The zero-order valence-corrected chi connectivity index (χ0v) is 10.3.